The van der Waals surface area contributed by atoms with Gasteiger partial charge in [-0.2, -0.15) is 0 Å². The SMILES string of the molecule is C#CCO/N=C(/C(C)=N/OCc1ccccc1/C(=C/OC)C(=O)OC)c1ccc(OCc2ccc(F)cc2)cc1. The van der Waals surface area contributed by atoms with E-state index in [1.807, 2.05) is 12.1 Å². The first kappa shape index (κ1) is 29.5. The van der Waals surface area contributed by atoms with Crippen LogP contribution in [0.5, 0.6) is 5.75 Å². The first-order chi connectivity index (χ1) is 19.5. The Labute approximate surface area is 232 Å². The maximum absolute atomic E-state index is 13.1. The number of methoxy groups -OCH3 is 2. The molecule has 0 atom stereocenters. The van der Waals surface area contributed by atoms with Crippen LogP contribution in [0, 0.1) is 18.2 Å². The molecule has 0 amide bonds. The van der Waals surface area contributed by atoms with Gasteiger partial charge in [0.2, 0.25) is 0 Å². The molecule has 0 radical (unpaired) electrons. The van der Waals surface area contributed by atoms with Crippen molar-refractivity contribution in [2.45, 2.75) is 20.1 Å². The number of esters is 1. The van der Waals surface area contributed by atoms with Crippen LogP contribution in [0.1, 0.15) is 29.2 Å². The highest BCUT2D eigenvalue weighted by Gasteiger charge is 2.17. The number of benzene rings is 3. The van der Waals surface area contributed by atoms with Crippen LogP contribution in [0.15, 0.2) is 89.4 Å². The van der Waals surface area contributed by atoms with E-state index in [0.29, 0.717) is 40.5 Å². The molecule has 3 aromatic rings. The second-order valence-corrected chi connectivity index (χ2v) is 8.22. The first-order valence-electron chi connectivity index (χ1n) is 12.1. The lowest BCUT2D eigenvalue weighted by Crippen LogP contribution is -2.14. The molecule has 0 aromatic heterocycles. The number of halogens is 1. The molecule has 3 rings (SSSR count). The smallest absolute Gasteiger partial charge is 0.341 e. The van der Waals surface area contributed by atoms with Crippen molar-refractivity contribution in [2.24, 2.45) is 10.3 Å². The Morgan fingerprint density at radius 1 is 0.950 bits per heavy atom. The summed E-state index contributed by atoms with van der Waals surface area (Å²) in [5.41, 5.74) is 3.89. The number of nitrogens with zero attached hydrogens (tertiary/aromatic N) is 2. The molecule has 0 N–H and O–H groups in total. The van der Waals surface area contributed by atoms with Gasteiger partial charge in [-0.05, 0) is 54.4 Å². The lowest BCUT2D eigenvalue weighted by atomic mass is 10.0. The highest BCUT2D eigenvalue weighted by molar-refractivity contribution is 6.47. The summed E-state index contributed by atoms with van der Waals surface area (Å²) in [4.78, 5) is 23.1. The number of rotatable bonds is 13. The van der Waals surface area contributed by atoms with Crippen molar-refractivity contribution < 1.29 is 33.1 Å². The predicted octanol–water partition coefficient (Wildman–Crippen LogP) is 5.51. The molecule has 0 saturated heterocycles. The van der Waals surface area contributed by atoms with E-state index in [-0.39, 0.29) is 24.6 Å². The molecule has 0 aliphatic carbocycles. The third-order valence-corrected chi connectivity index (χ3v) is 5.46. The van der Waals surface area contributed by atoms with Gasteiger partial charge in [-0.1, -0.05) is 52.6 Å². The maximum Gasteiger partial charge on any atom is 0.341 e. The average Bonchev–Trinajstić information content (AvgIpc) is 2.98. The van der Waals surface area contributed by atoms with E-state index in [1.165, 1.54) is 32.6 Å². The van der Waals surface area contributed by atoms with Crippen molar-refractivity contribution in [3.05, 3.63) is 107 Å². The van der Waals surface area contributed by atoms with E-state index in [9.17, 15) is 9.18 Å². The van der Waals surface area contributed by atoms with Gasteiger partial charge >= 0.3 is 5.97 Å². The molecule has 0 unspecified atom stereocenters. The van der Waals surface area contributed by atoms with Crippen molar-refractivity contribution in [1.82, 2.24) is 0 Å². The minimum atomic E-state index is -0.542. The van der Waals surface area contributed by atoms with Crippen LogP contribution >= 0.6 is 0 Å². The lowest BCUT2D eigenvalue weighted by Gasteiger charge is -2.12. The van der Waals surface area contributed by atoms with Crippen molar-refractivity contribution in [1.29, 1.82) is 0 Å². The second kappa shape index (κ2) is 15.3. The standard InChI is InChI=1S/C31H29FN2O6/c1-5-18-39-34-30(24-12-16-27(17-13-24)38-19-23-10-14-26(32)15-11-23)22(2)33-40-20-25-8-6-7-9-28(25)29(21-36-3)31(35)37-4/h1,6-17,21H,18-20H2,2-4H3/b29-21-,33-22+,34-30-. The third-order valence-electron chi connectivity index (χ3n) is 5.46. The summed E-state index contributed by atoms with van der Waals surface area (Å²) >= 11 is 0. The van der Waals surface area contributed by atoms with Crippen molar-refractivity contribution >= 4 is 23.0 Å². The molecule has 0 heterocycles. The van der Waals surface area contributed by atoms with Gasteiger partial charge in [-0.3, -0.25) is 0 Å². The van der Waals surface area contributed by atoms with E-state index in [0.717, 1.165) is 5.56 Å². The summed E-state index contributed by atoms with van der Waals surface area (Å²) < 4.78 is 28.8. The van der Waals surface area contributed by atoms with Gasteiger partial charge in [0.25, 0.3) is 0 Å². The number of hydrogen-bond donors (Lipinski definition) is 0. The van der Waals surface area contributed by atoms with E-state index < -0.39 is 5.97 Å². The number of oxime groups is 2. The van der Waals surface area contributed by atoms with Crippen molar-refractivity contribution in [3.8, 4) is 18.1 Å². The van der Waals surface area contributed by atoms with E-state index >= 15 is 0 Å². The molecule has 0 saturated carbocycles. The molecule has 8 nitrogen and oxygen atoms in total. The minimum absolute atomic E-state index is 0.0218. The zero-order chi connectivity index (χ0) is 28.7. The molecular weight excluding hydrogens is 515 g/mol. The molecule has 9 heteroatoms. The number of carbonyl (C=O) groups is 1. The van der Waals surface area contributed by atoms with Crippen LogP contribution in [-0.4, -0.2) is 38.2 Å². The molecule has 0 bridgehead atoms. The van der Waals surface area contributed by atoms with E-state index in [2.05, 4.69) is 16.2 Å². The van der Waals surface area contributed by atoms with Crippen LogP contribution in [0.25, 0.3) is 5.57 Å². The summed E-state index contributed by atoms with van der Waals surface area (Å²) in [5.74, 6) is 2.14. The molecule has 40 heavy (non-hydrogen) atoms. The van der Waals surface area contributed by atoms with Gasteiger partial charge in [0.15, 0.2) is 6.61 Å². The monoisotopic (exact) mass is 544 g/mol. The fraction of sp³-hybridized carbons (Fsp3) is 0.194. The van der Waals surface area contributed by atoms with E-state index in [1.54, 1.807) is 55.5 Å². The van der Waals surface area contributed by atoms with Gasteiger partial charge in [0.1, 0.15) is 41.8 Å². The van der Waals surface area contributed by atoms with Gasteiger partial charge in [-0.25, -0.2) is 9.18 Å². The van der Waals surface area contributed by atoms with Gasteiger partial charge in [-0.15, -0.1) is 6.42 Å². The van der Waals surface area contributed by atoms with Crippen molar-refractivity contribution in [3.63, 3.8) is 0 Å². The predicted molar refractivity (Wildman–Crippen MR) is 150 cm³/mol. The third kappa shape index (κ3) is 8.46. The van der Waals surface area contributed by atoms with Crippen LogP contribution in [0.4, 0.5) is 4.39 Å². The Morgan fingerprint density at radius 2 is 1.68 bits per heavy atom. The number of ether oxygens (including phenoxy) is 3. The molecule has 3 aromatic carbocycles. The molecule has 206 valence electrons. The zero-order valence-corrected chi connectivity index (χ0v) is 22.4. The lowest BCUT2D eigenvalue weighted by molar-refractivity contribution is -0.133. The zero-order valence-electron chi connectivity index (χ0n) is 22.4. The Hall–Kier alpha value is -5.10. The summed E-state index contributed by atoms with van der Waals surface area (Å²) in [7, 11) is 2.75. The van der Waals surface area contributed by atoms with Gasteiger partial charge in [0, 0.05) is 11.1 Å². The highest BCUT2D eigenvalue weighted by Crippen LogP contribution is 2.22. The second-order valence-electron chi connectivity index (χ2n) is 8.22. The molecule has 0 aliphatic rings. The van der Waals surface area contributed by atoms with Crippen LogP contribution < -0.4 is 4.74 Å². The largest absolute Gasteiger partial charge is 0.503 e. The summed E-state index contributed by atoms with van der Waals surface area (Å²) in [5, 5.41) is 8.36. The Bertz CT molecular complexity index is 1410. The number of carbonyl (C=O) groups excluding carboxylic acids is 1. The summed E-state index contributed by atoms with van der Waals surface area (Å²) in [6.07, 6.45) is 6.61. The summed E-state index contributed by atoms with van der Waals surface area (Å²) in [6.45, 7) is 2.04. The van der Waals surface area contributed by atoms with Crippen LogP contribution in [0.3, 0.4) is 0 Å². The van der Waals surface area contributed by atoms with E-state index in [4.69, 9.17) is 30.3 Å². The maximum atomic E-state index is 13.1. The topological polar surface area (TPSA) is 87.9 Å². The average molecular weight is 545 g/mol. The van der Waals surface area contributed by atoms with Crippen LogP contribution in [0.2, 0.25) is 0 Å². The summed E-state index contributed by atoms with van der Waals surface area (Å²) in [6, 6.07) is 20.4. The van der Waals surface area contributed by atoms with Crippen molar-refractivity contribution in [2.75, 3.05) is 20.8 Å². The Kier molecular flexibility index (Phi) is 11.3. The quantitative estimate of drug-likeness (QED) is 0.0536. The minimum Gasteiger partial charge on any atom is -0.503 e. The molecular formula is C31H29FN2O6. The molecule has 0 fully saturated rings. The number of terminal acetylenes is 1. The van der Waals surface area contributed by atoms with Crippen LogP contribution in [-0.2, 0) is 37.2 Å². The molecule has 0 aliphatic heterocycles. The molecule has 0 spiro atoms. The Balaban J connectivity index is 1.75. The fourth-order valence-corrected chi connectivity index (χ4v) is 3.52. The van der Waals surface area contributed by atoms with Gasteiger partial charge < -0.3 is 23.9 Å². The first-order valence-corrected chi connectivity index (χ1v) is 12.1. The normalized spacial score (nSPS) is 11.8. The number of hydrogen-bond acceptors (Lipinski definition) is 8. The fourth-order valence-electron chi connectivity index (χ4n) is 3.52. The Morgan fingerprint density at radius 3 is 2.35 bits per heavy atom. The highest BCUT2D eigenvalue weighted by atomic mass is 19.1. The van der Waals surface area contributed by atoms with Gasteiger partial charge in [0.05, 0.1) is 20.5 Å².